The van der Waals surface area contributed by atoms with Crippen LogP contribution in [0.4, 0.5) is 13.2 Å². The molecule has 0 unspecified atom stereocenters. The smallest absolute Gasteiger partial charge is 0.446 e. The molecule has 0 aliphatic carbocycles. The maximum Gasteiger partial charge on any atom is 0.446 e. The molecule has 0 aliphatic heterocycles. The van der Waals surface area contributed by atoms with Gasteiger partial charge in [-0.05, 0) is 43.3 Å². The Bertz CT molecular complexity index is 535. The second-order valence-electron chi connectivity index (χ2n) is 3.57. The van der Waals surface area contributed by atoms with Crippen LogP contribution in [0.25, 0.3) is 0 Å². The van der Waals surface area contributed by atoms with Gasteiger partial charge in [-0.3, -0.25) is 0 Å². The van der Waals surface area contributed by atoms with E-state index in [1.165, 1.54) is 12.1 Å². The lowest BCUT2D eigenvalue weighted by Gasteiger charge is -2.13. The van der Waals surface area contributed by atoms with Gasteiger partial charge in [0, 0.05) is 4.90 Å². The number of hydrogen-bond donors (Lipinski definition) is 0. The van der Waals surface area contributed by atoms with Crippen LogP contribution in [0.15, 0.2) is 17.0 Å². The number of nitriles is 1. The van der Waals surface area contributed by atoms with Crippen molar-refractivity contribution < 1.29 is 22.7 Å². The molecule has 0 aliphatic rings. The van der Waals surface area contributed by atoms with Crippen molar-refractivity contribution in [1.29, 1.82) is 5.26 Å². The molecule has 0 saturated carbocycles. The van der Waals surface area contributed by atoms with Gasteiger partial charge in [0.2, 0.25) is 0 Å². The second kappa shape index (κ2) is 5.97. The number of benzene rings is 1. The maximum atomic E-state index is 12.5. The van der Waals surface area contributed by atoms with E-state index in [1.807, 2.05) is 0 Å². The number of alkyl halides is 3. The molecule has 102 valence electrons. The van der Waals surface area contributed by atoms with Gasteiger partial charge in [0.15, 0.2) is 0 Å². The van der Waals surface area contributed by atoms with Crippen LogP contribution >= 0.6 is 11.8 Å². The van der Waals surface area contributed by atoms with E-state index in [9.17, 15) is 18.0 Å². The number of rotatable bonds is 3. The Morgan fingerprint density at radius 3 is 2.58 bits per heavy atom. The van der Waals surface area contributed by atoms with Crippen molar-refractivity contribution in [1.82, 2.24) is 0 Å². The first-order valence-electron chi connectivity index (χ1n) is 5.26. The molecule has 0 heterocycles. The van der Waals surface area contributed by atoms with Crippen molar-refractivity contribution in [2.45, 2.75) is 24.3 Å². The molecule has 0 atom stereocenters. The lowest BCUT2D eigenvalue weighted by molar-refractivity contribution is -0.0328. The lowest BCUT2D eigenvalue weighted by Crippen LogP contribution is -2.10. The maximum absolute atomic E-state index is 12.5. The molecule has 1 aromatic rings. The number of ether oxygens (including phenoxy) is 1. The van der Waals surface area contributed by atoms with Crippen LogP contribution in [0.5, 0.6) is 0 Å². The highest BCUT2D eigenvalue weighted by atomic mass is 32.2. The Morgan fingerprint density at radius 2 is 2.11 bits per heavy atom. The molecule has 7 heteroatoms. The van der Waals surface area contributed by atoms with Crippen LogP contribution < -0.4 is 0 Å². The summed E-state index contributed by atoms with van der Waals surface area (Å²) in [6, 6.07) is 4.25. The van der Waals surface area contributed by atoms with Crippen molar-refractivity contribution in [3.05, 3.63) is 28.8 Å². The van der Waals surface area contributed by atoms with E-state index in [-0.39, 0.29) is 17.7 Å². The van der Waals surface area contributed by atoms with Crippen LogP contribution in [0.1, 0.15) is 28.4 Å². The molecule has 0 amide bonds. The van der Waals surface area contributed by atoms with E-state index >= 15 is 0 Å². The van der Waals surface area contributed by atoms with E-state index in [2.05, 4.69) is 0 Å². The largest absolute Gasteiger partial charge is 0.462 e. The Labute approximate surface area is 112 Å². The van der Waals surface area contributed by atoms with Gasteiger partial charge in [-0.2, -0.15) is 18.4 Å². The fraction of sp³-hybridized carbons (Fsp3) is 0.333. The molecule has 0 fully saturated rings. The van der Waals surface area contributed by atoms with Crippen LogP contribution in [0.3, 0.4) is 0 Å². The molecule has 0 radical (unpaired) electrons. The number of carbonyl (C=O) groups excluding carboxylic acids is 1. The highest BCUT2D eigenvalue weighted by molar-refractivity contribution is 8.00. The standard InChI is InChI=1S/C12H10F3NO2S/c1-3-18-11(17)9-5-7(2)4-8(6-16)10(9)19-12(13,14)15/h4-5H,3H2,1-2H3. The van der Waals surface area contributed by atoms with Crippen molar-refractivity contribution in [2.24, 2.45) is 0 Å². The third-order valence-electron chi connectivity index (χ3n) is 2.07. The first-order valence-corrected chi connectivity index (χ1v) is 6.07. The molecular formula is C12H10F3NO2S. The monoisotopic (exact) mass is 289 g/mol. The highest BCUT2D eigenvalue weighted by Crippen LogP contribution is 2.40. The lowest BCUT2D eigenvalue weighted by atomic mass is 10.1. The van der Waals surface area contributed by atoms with E-state index < -0.39 is 28.1 Å². The summed E-state index contributed by atoms with van der Waals surface area (Å²) in [5.41, 5.74) is -4.49. The quantitative estimate of drug-likeness (QED) is 0.629. The third-order valence-corrected chi connectivity index (χ3v) is 2.94. The van der Waals surface area contributed by atoms with Gasteiger partial charge in [-0.15, -0.1) is 0 Å². The molecular weight excluding hydrogens is 279 g/mol. The predicted octanol–water partition coefficient (Wildman–Crippen LogP) is 3.66. The summed E-state index contributed by atoms with van der Waals surface area (Å²) in [6.07, 6.45) is 0. The summed E-state index contributed by atoms with van der Waals surface area (Å²) in [5, 5.41) is 8.89. The minimum absolute atomic E-state index is 0.0464. The minimum Gasteiger partial charge on any atom is -0.462 e. The summed E-state index contributed by atoms with van der Waals surface area (Å²) >= 11 is -0.482. The van der Waals surface area contributed by atoms with Crippen molar-refractivity contribution in [2.75, 3.05) is 6.61 Å². The van der Waals surface area contributed by atoms with Crippen LogP contribution in [-0.4, -0.2) is 18.1 Å². The molecule has 0 saturated heterocycles. The Balaban J connectivity index is 3.38. The van der Waals surface area contributed by atoms with Crippen molar-refractivity contribution in [3.8, 4) is 6.07 Å². The van der Waals surface area contributed by atoms with Gasteiger partial charge in [0.1, 0.15) is 6.07 Å². The molecule has 3 nitrogen and oxygen atoms in total. The van der Waals surface area contributed by atoms with Crippen LogP contribution in [-0.2, 0) is 4.74 Å². The zero-order chi connectivity index (χ0) is 14.6. The fourth-order valence-corrected chi connectivity index (χ4v) is 2.14. The predicted molar refractivity (Wildman–Crippen MR) is 63.8 cm³/mol. The van der Waals surface area contributed by atoms with Gasteiger partial charge < -0.3 is 4.74 Å². The second-order valence-corrected chi connectivity index (χ2v) is 4.64. The van der Waals surface area contributed by atoms with E-state index in [0.717, 1.165) is 0 Å². The average molecular weight is 289 g/mol. The fourth-order valence-electron chi connectivity index (χ4n) is 1.44. The first-order chi connectivity index (χ1) is 8.78. The van der Waals surface area contributed by atoms with Gasteiger partial charge in [-0.1, -0.05) is 0 Å². The summed E-state index contributed by atoms with van der Waals surface area (Å²) in [4.78, 5) is 11.2. The third kappa shape index (κ3) is 4.17. The summed E-state index contributed by atoms with van der Waals surface area (Å²) in [7, 11) is 0. The molecule has 0 aromatic heterocycles. The topological polar surface area (TPSA) is 50.1 Å². The number of nitrogens with zero attached hydrogens (tertiary/aromatic N) is 1. The molecule has 19 heavy (non-hydrogen) atoms. The van der Waals surface area contributed by atoms with E-state index in [0.29, 0.717) is 5.56 Å². The zero-order valence-electron chi connectivity index (χ0n) is 10.2. The normalized spacial score (nSPS) is 10.9. The van der Waals surface area contributed by atoms with E-state index in [4.69, 9.17) is 10.00 Å². The van der Waals surface area contributed by atoms with Gasteiger partial charge >= 0.3 is 11.5 Å². The molecule has 0 N–H and O–H groups in total. The molecule has 0 bridgehead atoms. The van der Waals surface area contributed by atoms with Gasteiger partial charge in [-0.25, -0.2) is 4.79 Å². The van der Waals surface area contributed by atoms with E-state index in [1.54, 1.807) is 19.9 Å². The van der Waals surface area contributed by atoms with Gasteiger partial charge in [0.05, 0.1) is 17.7 Å². The summed E-state index contributed by atoms with van der Waals surface area (Å²) < 4.78 is 42.2. The summed E-state index contributed by atoms with van der Waals surface area (Å²) in [5.74, 6) is -0.866. The Morgan fingerprint density at radius 1 is 1.47 bits per heavy atom. The number of halogens is 3. The van der Waals surface area contributed by atoms with Crippen molar-refractivity contribution >= 4 is 17.7 Å². The minimum atomic E-state index is -4.58. The first kappa shape index (κ1) is 15.4. The van der Waals surface area contributed by atoms with Gasteiger partial charge in [0.25, 0.3) is 0 Å². The highest BCUT2D eigenvalue weighted by Gasteiger charge is 2.33. The average Bonchev–Trinajstić information content (AvgIpc) is 2.29. The number of thioether (sulfide) groups is 1. The molecule has 1 rings (SSSR count). The SMILES string of the molecule is CCOC(=O)c1cc(C)cc(C#N)c1SC(F)(F)F. The number of carbonyl (C=O) groups is 1. The number of esters is 1. The molecule has 0 spiro atoms. The summed E-state index contributed by atoms with van der Waals surface area (Å²) in [6.45, 7) is 3.19. The Hall–Kier alpha value is -1.68. The van der Waals surface area contributed by atoms with Crippen molar-refractivity contribution in [3.63, 3.8) is 0 Å². The molecule has 1 aromatic carbocycles. The zero-order valence-corrected chi connectivity index (χ0v) is 11.0. The van der Waals surface area contributed by atoms with Crippen LogP contribution in [0, 0.1) is 18.3 Å². The Kier molecular flexibility index (Phi) is 4.84. The van der Waals surface area contributed by atoms with Crippen LogP contribution in [0.2, 0.25) is 0 Å². The number of aryl methyl sites for hydroxylation is 1. The number of hydrogen-bond acceptors (Lipinski definition) is 4.